The summed E-state index contributed by atoms with van der Waals surface area (Å²) in [5.41, 5.74) is 9.84. The molecule has 0 fully saturated rings. The van der Waals surface area contributed by atoms with Crippen LogP contribution in [0.1, 0.15) is 32.7 Å². The SMILES string of the molecule is Cc1cc(CNC(=O)c2cc(O)ncn2)ccc1F.Cc1cc(C[NH-])ccc1F.[W]. The molecule has 9 heteroatoms. The van der Waals surface area contributed by atoms with Crippen LogP contribution in [0.5, 0.6) is 5.88 Å². The van der Waals surface area contributed by atoms with Crippen LogP contribution in [-0.2, 0) is 34.2 Å². The van der Waals surface area contributed by atoms with Gasteiger partial charge in [0.15, 0.2) is 0 Å². The molecule has 1 heterocycles. The summed E-state index contributed by atoms with van der Waals surface area (Å²) in [4.78, 5) is 19.0. The maximum absolute atomic E-state index is 13.1. The van der Waals surface area contributed by atoms with Gasteiger partial charge in [0.25, 0.3) is 5.91 Å². The van der Waals surface area contributed by atoms with Crippen LogP contribution in [0.15, 0.2) is 48.8 Å². The minimum Gasteiger partial charge on any atom is -0.674 e. The minimum absolute atomic E-state index is 0. The van der Waals surface area contributed by atoms with Gasteiger partial charge in [0, 0.05) is 33.7 Å². The van der Waals surface area contributed by atoms with E-state index < -0.39 is 5.91 Å². The monoisotopic (exact) mass is 583 g/mol. The molecule has 30 heavy (non-hydrogen) atoms. The molecule has 158 valence electrons. The van der Waals surface area contributed by atoms with Crippen LogP contribution in [0, 0.1) is 25.5 Å². The quantitative estimate of drug-likeness (QED) is 0.480. The van der Waals surface area contributed by atoms with Gasteiger partial charge in [0.2, 0.25) is 5.88 Å². The van der Waals surface area contributed by atoms with Crippen LogP contribution in [0.4, 0.5) is 8.78 Å². The largest absolute Gasteiger partial charge is 0.674 e. The van der Waals surface area contributed by atoms with E-state index in [1.807, 2.05) is 0 Å². The number of carbonyl (C=O) groups excluding carboxylic acids is 1. The van der Waals surface area contributed by atoms with Crippen LogP contribution in [0.25, 0.3) is 5.73 Å². The average molecular weight is 583 g/mol. The zero-order valence-corrected chi connectivity index (χ0v) is 19.4. The Morgan fingerprint density at radius 3 is 2.10 bits per heavy atom. The molecule has 0 aliphatic carbocycles. The van der Waals surface area contributed by atoms with Crippen molar-refractivity contribution in [1.29, 1.82) is 0 Å². The first kappa shape index (κ1) is 25.3. The number of aryl methyl sites for hydroxylation is 2. The summed E-state index contributed by atoms with van der Waals surface area (Å²) in [6, 6.07) is 10.5. The van der Waals surface area contributed by atoms with E-state index in [0.717, 1.165) is 17.5 Å². The van der Waals surface area contributed by atoms with Gasteiger partial charge in [0.05, 0.1) is 0 Å². The number of hydrogen-bond donors (Lipinski definition) is 2. The van der Waals surface area contributed by atoms with Gasteiger partial charge >= 0.3 is 0 Å². The Bertz CT molecular complexity index is 1000. The van der Waals surface area contributed by atoms with Crippen LogP contribution in [0.2, 0.25) is 0 Å². The van der Waals surface area contributed by atoms with E-state index in [9.17, 15) is 13.6 Å². The summed E-state index contributed by atoms with van der Waals surface area (Å²) < 4.78 is 25.6. The van der Waals surface area contributed by atoms with Gasteiger partial charge < -0.3 is 16.2 Å². The normalized spacial score (nSPS) is 9.77. The third-order valence-electron chi connectivity index (χ3n) is 3.99. The molecule has 0 radical (unpaired) electrons. The third kappa shape index (κ3) is 7.61. The molecule has 0 spiro atoms. The summed E-state index contributed by atoms with van der Waals surface area (Å²) in [7, 11) is 0. The molecule has 0 atom stereocenters. The van der Waals surface area contributed by atoms with E-state index in [0.29, 0.717) is 11.1 Å². The van der Waals surface area contributed by atoms with Gasteiger partial charge in [0.1, 0.15) is 23.7 Å². The Balaban J connectivity index is 0.000000348. The zero-order valence-electron chi connectivity index (χ0n) is 16.4. The van der Waals surface area contributed by atoms with Crippen LogP contribution in [0.3, 0.4) is 0 Å². The molecule has 1 aromatic heterocycles. The Labute approximate surface area is 187 Å². The second-order valence-electron chi connectivity index (χ2n) is 6.29. The molecule has 3 aromatic rings. The fourth-order valence-electron chi connectivity index (χ4n) is 2.38. The molecular weight excluding hydrogens is 562 g/mol. The van der Waals surface area contributed by atoms with Gasteiger partial charge in [-0.15, -0.1) is 6.54 Å². The molecule has 6 nitrogen and oxygen atoms in total. The Morgan fingerprint density at radius 1 is 1.00 bits per heavy atom. The topological polar surface area (TPSA) is 98.9 Å². The van der Waals surface area contributed by atoms with Gasteiger partial charge in [-0.3, -0.25) is 4.79 Å². The van der Waals surface area contributed by atoms with Gasteiger partial charge in [-0.25, -0.2) is 18.7 Å². The van der Waals surface area contributed by atoms with Crippen molar-refractivity contribution in [3.63, 3.8) is 0 Å². The molecular formula is C21H21F2N4O2W-. The zero-order chi connectivity index (χ0) is 21.4. The first-order valence-corrected chi connectivity index (χ1v) is 8.74. The molecule has 0 aliphatic heterocycles. The summed E-state index contributed by atoms with van der Waals surface area (Å²) in [6.45, 7) is 3.84. The van der Waals surface area contributed by atoms with Crippen molar-refractivity contribution in [3.05, 3.63) is 94.1 Å². The summed E-state index contributed by atoms with van der Waals surface area (Å²) >= 11 is 0. The Kier molecular flexibility index (Phi) is 10.2. The predicted octanol–water partition coefficient (Wildman–Crippen LogP) is 4.24. The molecule has 0 bridgehead atoms. The van der Waals surface area contributed by atoms with Crippen molar-refractivity contribution < 1.29 is 39.7 Å². The summed E-state index contributed by atoms with van der Waals surface area (Å²) in [5.74, 6) is -1.18. The number of hydrogen-bond acceptors (Lipinski definition) is 4. The molecule has 3 N–H and O–H groups in total. The predicted molar refractivity (Wildman–Crippen MR) is 105 cm³/mol. The second-order valence-corrected chi connectivity index (χ2v) is 6.29. The standard InChI is InChI=1S/C13H12FN3O2.C8H9FN.W/c1-8-4-9(2-3-10(8)14)6-15-13(19)11-5-12(18)17-7-16-11;1-6-4-7(5-10)2-3-8(6)9;/h2-5,7H,6H2,1H3,(H,15,19)(H,16,17,18);2-4,10H,5H2,1H3;/q;-1;. The molecule has 2 aromatic carbocycles. The van der Waals surface area contributed by atoms with Crippen molar-refractivity contribution in [3.8, 4) is 5.88 Å². The van der Waals surface area contributed by atoms with Crippen LogP contribution in [-0.4, -0.2) is 21.0 Å². The minimum atomic E-state index is -0.431. The van der Waals surface area contributed by atoms with E-state index in [4.69, 9.17) is 10.8 Å². The number of benzene rings is 2. The van der Waals surface area contributed by atoms with Gasteiger partial charge in [-0.05, 0) is 42.7 Å². The number of aromatic nitrogens is 2. The van der Waals surface area contributed by atoms with Crippen molar-refractivity contribution >= 4 is 5.91 Å². The molecule has 1 amide bonds. The van der Waals surface area contributed by atoms with Crippen molar-refractivity contribution in [2.24, 2.45) is 0 Å². The molecule has 0 aliphatic rings. The van der Waals surface area contributed by atoms with Crippen LogP contribution < -0.4 is 5.32 Å². The van der Waals surface area contributed by atoms with E-state index in [2.05, 4.69) is 15.3 Å². The number of rotatable bonds is 4. The number of aromatic hydroxyl groups is 1. The Hall–Kier alpha value is -2.70. The molecule has 3 rings (SSSR count). The fourth-order valence-corrected chi connectivity index (χ4v) is 2.38. The van der Waals surface area contributed by atoms with E-state index >= 15 is 0 Å². The van der Waals surface area contributed by atoms with E-state index in [-0.39, 0.29) is 57.4 Å². The third-order valence-corrected chi connectivity index (χ3v) is 3.99. The summed E-state index contributed by atoms with van der Waals surface area (Å²) in [5, 5.41) is 11.8. The fraction of sp³-hybridized carbons (Fsp3) is 0.190. The molecule has 0 saturated heterocycles. The maximum atomic E-state index is 13.1. The maximum Gasteiger partial charge on any atom is 0.270 e. The van der Waals surface area contributed by atoms with Crippen molar-refractivity contribution in [1.82, 2.24) is 15.3 Å². The average Bonchev–Trinajstić information content (AvgIpc) is 2.71. The van der Waals surface area contributed by atoms with Gasteiger partial charge in [-0.2, -0.15) is 0 Å². The van der Waals surface area contributed by atoms with Crippen molar-refractivity contribution in [2.75, 3.05) is 0 Å². The van der Waals surface area contributed by atoms with Gasteiger partial charge in [-0.1, -0.05) is 29.8 Å². The smallest absolute Gasteiger partial charge is 0.270 e. The van der Waals surface area contributed by atoms with E-state index in [1.165, 1.54) is 18.2 Å². The number of halogens is 2. The molecule has 0 unspecified atom stereocenters. The number of amides is 1. The summed E-state index contributed by atoms with van der Waals surface area (Å²) in [6.07, 6.45) is 1.10. The second kappa shape index (κ2) is 12.1. The number of carbonyl (C=O) groups is 1. The number of nitrogens with one attached hydrogen (secondary N) is 2. The van der Waals surface area contributed by atoms with Crippen LogP contribution >= 0.6 is 0 Å². The first-order chi connectivity index (χ1) is 13.8. The van der Waals surface area contributed by atoms with Crippen molar-refractivity contribution in [2.45, 2.75) is 26.9 Å². The Morgan fingerprint density at radius 2 is 1.57 bits per heavy atom. The first-order valence-electron chi connectivity index (χ1n) is 8.74. The number of nitrogens with zero attached hydrogens (tertiary/aromatic N) is 2. The van der Waals surface area contributed by atoms with E-state index in [1.54, 1.807) is 38.1 Å². The molecule has 0 saturated carbocycles.